The van der Waals surface area contributed by atoms with Crippen molar-refractivity contribution in [1.29, 1.82) is 0 Å². The van der Waals surface area contributed by atoms with E-state index in [0.717, 1.165) is 25.8 Å². The first-order valence-electron chi connectivity index (χ1n) is 6.88. The second-order valence-corrected chi connectivity index (χ2v) is 5.36. The molecule has 1 aromatic heterocycles. The topological polar surface area (TPSA) is 63.2 Å². The number of hydrogen-bond donors (Lipinski definition) is 2. The van der Waals surface area contributed by atoms with E-state index in [1.54, 1.807) is 19.2 Å². The maximum absolute atomic E-state index is 12.2. The number of carbonyl (C=O) groups excluding carboxylic acids is 1. The summed E-state index contributed by atoms with van der Waals surface area (Å²) in [6.07, 6.45) is 2.93. The van der Waals surface area contributed by atoms with E-state index < -0.39 is 0 Å². The summed E-state index contributed by atoms with van der Waals surface area (Å²) in [5, 5.41) is 6.44. The highest BCUT2D eigenvalue weighted by molar-refractivity contribution is 6.33. The zero-order valence-electron chi connectivity index (χ0n) is 11.8. The third-order valence-corrected chi connectivity index (χ3v) is 3.69. The highest BCUT2D eigenvalue weighted by atomic mass is 35.5. The molecule has 1 amide bonds. The van der Waals surface area contributed by atoms with Gasteiger partial charge in [-0.1, -0.05) is 18.5 Å². The monoisotopic (exact) mass is 297 g/mol. The Morgan fingerprint density at radius 1 is 1.50 bits per heavy atom. The van der Waals surface area contributed by atoms with Gasteiger partial charge in [0, 0.05) is 19.7 Å². The highest BCUT2D eigenvalue weighted by Gasteiger charge is 2.31. The van der Waals surface area contributed by atoms with Crippen molar-refractivity contribution in [3.8, 4) is 0 Å². The third-order valence-electron chi connectivity index (χ3n) is 3.38. The molecule has 2 rings (SSSR count). The van der Waals surface area contributed by atoms with Crippen LogP contribution in [-0.2, 0) is 4.74 Å². The molecule has 6 heteroatoms. The molecule has 5 nitrogen and oxygen atoms in total. The summed E-state index contributed by atoms with van der Waals surface area (Å²) in [7, 11) is 1.68. The second kappa shape index (κ2) is 6.90. The first-order chi connectivity index (χ1) is 9.63. The molecule has 1 aliphatic rings. The lowest BCUT2D eigenvalue weighted by molar-refractivity contribution is 0.0175. The Morgan fingerprint density at radius 3 is 2.90 bits per heavy atom. The summed E-state index contributed by atoms with van der Waals surface area (Å²) >= 11 is 6.05. The van der Waals surface area contributed by atoms with Crippen molar-refractivity contribution in [1.82, 2.24) is 10.3 Å². The molecule has 20 heavy (non-hydrogen) atoms. The number of nitrogens with zero attached hydrogens (tertiary/aromatic N) is 1. The standard InChI is InChI=1S/C14H20ClN3O2/c1-3-6-16-12-5-4-11(15)13(18-12)14(19)17-9-7-10(8-9)20-2/h4-5,9-10H,3,6-8H2,1-2H3,(H,16,18)(H,17,19). The lowest BCUT2D eigenvalue weighted by atomic mass is 9.89. The number of aromatic nitrogens is 1. The SMILES string of the molecule is CCCNc1ccc(Cl)c(C(=O)NC2CC(OC)C2)n1. The van der Waals surface area contributed by atoms with Crippen molar-refractivity contribution >= 4 is 23.3 Å². The van der Waals surface area contributed by atoms with E-state index in [0.29, 0.717) is 10.8 Å². The van der Waals surface area contributed by atoms with Gasteiger partial charge in [0.15, 0.2) is 0 Å². The summed E-state index contributed by atoms with van der Waals surface area (Å²) < 4.78 is 5.19. The molecule has 1 fully saturated rings. The summed E-state index contributed by atoms with van der Waals surface area (Å²) in [6, 6.07) is 3.62. The van der Waals surface area contributed by atoms with Crippen LogP contribution in [0.5, 0.6) is 0 Å². The van der Waals surface area contributed by atoms with Crippen LogP contribution in [-0.4, -0.2) is 36.7 Å². The summed E-state index contributed by atoms with van der Waals surface area (Å²) in [5.74, 6) is 0.444. The molecule has 1 heterocycles. The molecule has 0 aliphatic heterocycles. The minimum atomic E-state index is -0.227. The Morgan fingerprint density at radius 2 is 2.25 bits per heavy atom. The first-order valence-corrected chi connectivity index (χ1v) is 7.26. The van der Waals surface area contributed by atoms with Crippen LogP contribution in [0.1, 0.15) is 36.7 Å². The van der Waals surface area contributed by atoms with Gasteiger partial charge in [-0.3, -0.25) is 4.79 Å². The van der Waals surface area contributed by atoms with Gasteiger partial charge in [-0.2, -0.15) is 0 Å². The van der Waals surface area contributed by atoms with Gasteiger partial charge < -0.3 is 15.4 Å². The average molecular weight is 298 g/mol. The third kappa shape index (κ3) is 3.61. The van der Waals surface area contributed by atoms with Crippen molar-refractivity contribution in [3.63, 3.8) is 0 Å². The highest BCUT2D eigenvalue weighted by Crippen LogP contribution is 2.24. The Bertz CT molecular complexity index is 475. The van der Waals surface area contributed by atoms with Gasteiger partial charge in [-0.15, -0.1) is 0 Å². The van der Waals surface area contributed by atoms with Gasteiger partial charge in [0.25, 0.3) is 5.91 Å². The number of hydrogen-bond acceptors (Lipinski definition) is 4. The minimum absolute atomic E-state index is 0.151. The van der Waals surface area contributed by atoms with E-state index in [4.69, 9.17) is 16.3 Å². The predicted molar refractivity (Wildman–Crippen MR) is 79.3 cm³/mol. The van der Waals surface area contributed by atoms with Crippen LogP contribution in [0, 0.1) is 0 Å². The van der Waals surface area contributed by atoms with Crippen LogP contribution in [0.15, 0.2) is 12.1 Å². The lowest BCUT2D eigenvalue weighted by Crippen LogP contribution is -2.47. The number of methoxy groups -OCH3 is 1. The molecule has 0 saturated heterocycles. The predicted octanol–water partition coefficient (Wildman–Crippen LogP) is 2.46. The van der Waals surface area contributed by atoms with E-state index in [2.05, 4.69) is 22.5 Å². The van der Waals surface area contributed by atoms with Crippen LogP contribution in [0.2, 0.25) is 5.02 Å². The Hall–Kier alpha value is -1.33. The second-order valence-electron chi connectivity index (χ2n) is 4.95. The van der Waals surface area contributed by atoms with E-state index >= 15 is 0 Å². The van der Waals surface area contributed by atoms with Crippen molar-refractivity contribution in [2.45, 2.75) is 38.3 Å². The molecule has 1 aliphatic carbocycles. The van der Waals surface area contributed by atoms with E-state index in [1.807, 2.05) is 0 Å². The molecule has 0 unspecified atom stereocenters. The van der Waals surface area contributed by atoms with E-state index in [1.165, 1.54) is 0 Å². The van der Waals surface area contributed by atoms with Crippen LogP contribution in [0.3, 0.4) is 0 Å². The molecule has 1 saturated carbocycles. The maximum atomic E-state index is 12.2. The van der Waals surface area contributed by atoms with Crippen molar-refractivity contribution < 1.29 is 9.53 Å². The lowest BCUT2D eigenvalue weighted by Gasteiger charge is -2.34. The Labute approximate surface area is 124 Å². The van der Waals surface area contributed by atoms with E-state index in [9.17, 15) is 4.79 Å². The van der Waals surface area contributed by atoms with Crippen LogP contribution >= 0.6 is 11.6 Å². The normalized spacial score (nSPS) is 21.1. The number of pyridine rings is 1. The summed E-state index contributed by atoms with van der Waals surface area (Å²) in [6.45, 7) is 2.88. The number of nitrogens with one attached hydrogen (secondary N) is 2. The Balaban J connectivity index is 1.97. The molecule has 1 aromatic rings. The number of carbonyl (C=O) groups is 1. The smallest absolute Gasteiger partial charge is 0.271 e. The fraction of sp³-hybridized carbons (Fsp3) is 0.571. The fourth-order valence-corrected chi connectivity index (χ4v) is 2.27. The van der Waals surface area contributed by atoms with Gasteiger partial charge >= 0.3 is 0 Å². The Kier molecular flexibility index (Phi) is 5.20. The minimum Gasteiger partial charge on any atom is -0.381 e. The van der Waals surface area contributed by atoms with Gasteiger partial charge in [0.05, 0.1) is 11.1 Å². The van der Waals surface area contributed by atoms with Crippen molar-refractivity contribution in [2.24, 2.45) is 0 Å². The molecule has 0 spiro atoms. The number of halogens is 1. The molecular weight excluding hydrogens is 278 g/mol. The van der Waals surface area contributed by atoms with Crippen LogP contribution in [0.25, 0.3) is 0 Å². The zero-order chi connectivity index (χ0) is 14.5. The molecular formula is C14H20ClN3O2. The number of rotatable bonds is 6. The first kappa shape index (κ1) is 15.1. The average Bonchev–Trinajstić information content (AvgIpc) is 2.41. The van der Waals surface area contributed by atoms with Gasteiger partial charge in [0.2, 0.25) is 0 Å². The molecule has 0 aromatic carbocycles. The number of ether oxygens (including phenoxy) is 1. The fourth-order valence-electron chi connectivity index (χ4n) is 2.08. The molecule has 2 N–H and O–H groups in total. The zero-order valence-corrected chi connectivity index (χ0v) is 12.5. The summed E-state index contributed by atoms with van der Waals surface area (Å²) in [4.78, 5) is 16.4. The van der Waals surface area contributed by atoms with Gasteiger partial charge in [0.1, 0.15) is 11.5 Å². The van der Waals surface area contributed by atoms with Crippen LogP contribution in [0.4, 0.5) is 5.82 Å². The number of anilines is 1. The van der Waals surface area contributed by atoms with E-state index in [-0.39, 0.29) is 23.7 Å². The summed E-state index contributed by atoms with van der Waals surface area (Å²) in [5.41, 5.74) is 0.272. The van der Waals surface area contributed by atoms with Crippen molar-refractivity contribution in [3.05, 3.63) is 22.8 Å². The molecule has 0 radical (unpaired) electrons. The molecule has 110 valence electrons. The van der Waals surface area contributed by atoms with Gasteiger partial charge in [-0.25, -0.2) is 4.98 Å². The van der Waals surface area contributed by atoms with Gasteiger partial charge in [-0.05, 0) is 31.4 Å². The maximum Gasteiger partial charge on any atom is 0.271 e. The number of amides is 1. The molecule has 0 atom stereocenters. The van der Waals surface area contributed by atoms with Crippen LogP contribution < -0.4 is 10.6 Å². The quantitative estimate of drug-likeness (QED) is 0.847. The molecule has 0 bridgehead atoms. The largest absolute Gasteiger partial charge is 0.381 e. The van der Waals surface area contributed by atoms with Crippen molar-refractivity contribution in [2.75, 3.05) is 19.0 Å².